The average molecular weight is 258 g/mol. The van der Waals surface area contributed by atoms with E-state index in [1.54, 1.807) is 0 Å². The van der Waals surface area contributed by atoms with Gasteiger partial charge in [-0.3, -0.25) is 4.79 Å². The Bertz CT molecular complexity index is 499. The fraction of sp³-hybridized carbons (Fsp3) is 0.562. The SMILES string of the molecule is CCN1C(=O)c2ccccc2N[C@@]12CCC[C@@H](C)C2. The number of amides is 1. The molecule has 1 aromatic rings. The summed E-state index contributed by atoms with van der Waals surface area (Å²) >= 11 is 0. The Morgan fingerprint density at radius 2 is 2.21 bits per heavy atom. The number of carbonyl (C=O) groups excluding carboxylic acids is 1. The van der Waals surface area contributed by atoms with Gasteiger partial charge >= 0.3 is 0 Å². The van der Waals surface area contributed by atoms with Gasteiger partial charge in [0.2, 0.25) is 0 Å². The second-order valence-corrected chi connectivity index (χ2v) is 5.95. The van der Waals surface area contributed by atoms with Gasteiger partial charge in [-0.1, -0.05) is 25.5 Å². The zero-order valence-corrected chi connectivity index (χ0v) is 11.8. The number of anilines is 1. The standard InChI is InChI=1S/C16H22N2O/c1-3-18-15(19)13-8-4-5-9-14(13)17-16(18)10-6-7-12(2)11-16/h4-5,8-9,12,17H,3,6-7,10-11H2,1-2H3/t12-,16+/m1/s1. The highest BCUT2D eigenvalue weighted by molar-refractivity contribution is 6.02. The van der Waals surface area contributed by atoms with Crippen LogP contribution in [0.5, 0.6) is 0 Å². The summed E-state index contributed by atoms with van der Waals surface area (Å²) < 4.78 is 0. The normalized spacial score (nSPS) is 30.1. The topological polar surface area (TPSA) is 32.3 Å². The van der Waals surface area contributed by atoms with Crippen molar-refractivity contribution in [1.29, 1.82) is 0 Å². The Kier molecular flexibility index (Phi) is 3.00. The molecule has 1 aliphatic carbocycles. The van der Waals surface area contributed by atoms with Gasteiger partial charge in [0.25, 0.3) is 5.91 Å². The van der Waals surface area contributed by atoms with E-state index in [0.29, 0.717) is 5.92 Å². The van der Waals surface area contributed by atoms with E-state index in [4.69, 9.17) is 0 Å². The largest absolute Gasteiger partial charge is 0.362 e. The summed E-state index contributed by atoms with van der Waals surface area (Å²) in [6.45, 7) is 5.14. The fourth-order valence-corrected chi connectivity index (χ4v) is 3.77. The Morgan fingerprint density at radius 3 is 2.95 bits per heavy atom. The lowest BCUT2D eigenvalue weighted by atomic mass is 9.79. The number of hydrogen-bond acceptors (Lipinski definition) is 2. The molecule has 3 rings (SSSR count). The lowest BCUT2D eigenvalue weighted by Gasteiger charge is -2.51. The maximum atomic E-state index is 12.7. The molecule has 1 aliphatic heterocycles. The minimum absolute atomic E-state index is 0.155. The molecule has 102 valence electrons. The van der Waals surface area contributed by atoms with Crippen LogP contribution < -0.4 is 5.32 Å². The summed E-state index contributed by atoms with van der Waals surface area (Å²) in [6.07, 6.45) is 4.59. The molecule has 1 amide bonds. The number of nitrogens with zero attached hydrogens (tertiary/aromatic N) is 1. The van der Waals surface area contributed by atoms with Crippen molar-refractivity contribution in [2.24, 2.45) is 5.92 Å². The molecule has 1 aromatic carbocycles. The maximum absolute atomic E-state index is 12.7. The van der Waals surface area contributed by atoms with Crippen molar-refractivity contribution >= 4 is 11.6 Å². The molecule has 2 atom stereocenters. The van der Waals surface area contributed by atoms with Crippen LogP contribution in [0.1, 0.15) is 49.9 Å². The van der Waals surface area contributed by atoms with Gasteiger partial charge < -0.3 is 10.2 Å². The van der Waals surface area contributed by atoms with Gasteiger partial charge in [-0.25, -0.2) is 0 Å². The molecule has 2 aliphatic rings. The summed E-state index contributed by atoms with van der Waals surface area (Å²) in [5.41, 5.74) is 1.66. The van der Waals surface area contributed by atoms with Crippen LogP contribution in [0.4, 0.5) is 5.69 Å². The van der Waals surface area contributed by atoms with E-state index in [0.717, 1.165) is 30.6 Å². The first-order chi connectivity index (χ1) is 9.16. The molecule has 1 fully saturated rings. The molecule has 1 heterocycles. The van der Waals surface area contributed by atoms with Crippen LogP contribution in [0.2, 0.25) is 0 Å². The number of carbonyl (C=O) groups is 1. The number of nitrogens with one attached hydrogen (secondary N) is 1. The number of para-hydroxylation sites is 1. The molecular weight excluding hydrogens is 236 g/mol. The van der Waals surface area contributed by atoms with Crippen LogP contribution in [-0.4, -0.2) is 23.0 Å². The smallest absolute Gasteiger partial charge is 0.257 e. The summed E-state index contributed by atoms with van der Waals surface area (Å²) in [6, 6.07) is 7.89. The molecule has 19 heavy (non-hydrogen) atoms. The van der Waals surface area contributed by atoms with Gasteiger partial charge in [0.15, 0.2) is 0 Å². The van der Waals surface area contributed by atoms with Crippen LogP contribution >= 0.6 is 0 Å². The molecule has 3 heteroatoms. The molecule has 3 nitrogen and oxygen atoms in total. The van der Waals surface area contributed by atoms with Crippen molar-refractivity contribution in [2.75, 3.05) is 11.9 Å². The van der Waals surface area contributed by atoms with Crippen LogP contribution in [-0.2, 0) is 0 Å². The number of rotatable bonds is 1. The van der Waals surface area contributed by atoms with E-state index in [-0.39, 0.29) is 11.6 Å². The summed E-state index contributed by atoms with van der Waals surface area (Å²) in [5.74, 6) is 0.860. The van der Waals surface area contributed by atoms with Crippen LogP contribution in [0.15, 0.2) is 24.3 Å². The zero-order chi connectivity index (χ0) is 13.5. The van der Waals surface area contributed by atoms with Gasteiger partial charge in [-0.15, -0.1) is 0 Å². The third-order valence-corrected chi connectivity index (χ3v) is 4.58. The van der Waals surface area contributed by atoms with Crippen molar-refractivity contribution in [3.05, 3.63) is 29.8 Å². The van der Waals surface area contributed by atoms with E-state index in [9.17, 15) is 4.79 Å². The highest BCUT2D eigenvalue weighted by Crippen LogP contribution is 2.41. The molecule has 0 bridgehead atoms. The highest BCUT2D eigenvalue weighted by atomic mass is 16.2. The molecular formula is C16H22N2O. The molecule has 0 unspecified atom stereocenters. The van der Waals surface area contributed by atoms with Crippen molar-refractivity contribution in [2.45, 2.75) is 45.2 Å². The third-order valence-electron chi connectivity index (χ3n) is 4.58. The Labute approximate surface area is 115 Å². The van der Waals surface area contributed by atoms with Gasteiger partial charge in [-0.2, -0.15) is 0 Å². The van der Waals surface area contributed by atoms with Crippen molar-refractivity contribution in [3.8, 4) is 0 Å². The van der Waals surface area contributed by atoms with Gasteiger partial charge in [-0.05, 0) is 44.2 Å². The van der Waals surface area contributed by atoms with E-state index in [2.05, 4.69) is 19.2 Å². The van der Waals surface area contributed by atoms with Crippen molar-refractivity contribution in [1.82, 2.24) is 4.90 Å². The average Bonchev–Trinajstić information content (AvgIpc) is 2.39. The van der Waals surface area contributed by atoms with E-state index >= 15 is 0 Å². The predicted molar refractivity (Wildman–Crippen MR) is 77.1 cm³/mol. The second kappa shape index (κ2) is 4.55. The first-order valence-corrected chi connectivity index (χ1v) is 7.35. The highest BCUT2D eigenvalue weighted by Gasteiger charge is 2.45. The van der Waals surface area contributed by atoms with E-state index < -0.39 is 0 Å². The van der Waals surface area contributed by atoms with Crippen molar-refractivity contribution < 1.29 is 4.79 Å². The first kappa shape index (κ1) is 12.5. The lowest BCUT2D eigenvalue weighted by Crippen LogP contribution is -2.61. The van der Waals surface area contributed by atoms with Crippen molar-refractivity contribution in [3.63, 3.8) is 0 Å². The maximum Gasteiger partial charge on any atom is 0.257 e. The predicted octanol–water partition coefficient (Wildman–Crippen LogP) is 3.48. The number of fused-ring (bicyclic) bond motifs is 1. The van der Waals surface area contributed by atoms with Gasteiger partial charge in [0.1, 0.15) is 5.66 Å². The molecule has 1 spiro atoms. The second-order valence-electron chi connectivity index (χ2n) is 5.95. The quantitative estimate of drug-likeness (QED) is 0.836. The monoisotopic (exact) mass is 258 g/mol. The third kappa shape index (κ3) is 1.92. The Balaban J connectivity index is 2.04. The molecule has 1 saturated carbocycles. The Hall–Kier alpha value is -1.51. The minimum Gasteiger partial charge on any atom is -0.362 e. The van der Waals surface area contributed by atoms with Crippen LogP contribution in [0.3, 0.4) is 0 Å². The first-order valence-electron chi connectivity index (χ1n) is 7.35. The zero-order valence-electron chi connectivity index (χ0n) is 11.8. The summed E-state index contributed by atoms with van der Waals surface area (Å²) in [4.78, 5) is 14.8. The summed E-state index contributed by atoms with van der Waals surface area (Å²) in [7, 11) is 0. The molecule has 0 radical (unpaired) electrons. The van der Waals surface area contributed by atoms with Crippen LogP contribution in [0, 0.1) is 5.92 Å². The van der Waals surface area contributed by atoms with Gasteiger partial charge in [0, 0.05) is 12.2 Å². The molecule has 0 aromatic heterocycles. The Morgan fingerprint density at radius 1 is 1.42 bits per heavy atom. The van der Waals surface area contributed by atoms with Crippen LogP contribution in [0.25, 0.3) is 0 Å². The number of hydrogen-bond donors (Lipinski definition) is 1. The van der Waals surface area contributed by atoms with E-state index in [1.807, 2.05) is 29.2 Å². The molecule has 0 saturated heterocycles. The summed E-state index contributed by atoms with van der Waals surface area (Å²) in [5, 5.41) is 3.68. The minimum atomic E-state index is -0.155. The fourth-order valence-electron chi connectivity index (χ4n) is 3.77. The van der Waals surface area contributed by atoms with Gasteiger partial charge in [0.05, 0.1) is 5.56 Å². The lowest BCUT2D eigenvalue weighted by molar-refractivity contribution is 0.0351. The number of benzene rings is 1. The molecule has 1 N–H and O–H groups in total. The van der Waals surface area contributed by atoms with E-state index in [1.165, 1.54) is 12.8 Å².